The van der Waals surface area contributed by atoms with Crippen LogP contribution >= 0.6 is 0 Å². The van der Waals surface area contributed by atoms with Gasteiger partial charge >= 0.3 is 0 Å². The third kappa shape index (κ3) is 100. The van der Waals surface area contributed by atoms with Crippen molar-refractivity contribution in [2.75, 3.05) is 0 Å². The van der Waals surface area contributed by atoms with Gasteiger partial charge in [-0.15, -0.1) is 0 Å². The van der Waals surface area contributed by atoms with Crippen LogP contribution in [0.3, 0.4) is 0 Å². The fourth-order valence-corrected chi connectivity index (χ4v) is 0. The molecular formula is C3H6OSc. The standard InChI is InChI=1S/C3H6O.Sc/c1-3(2)4;/h1-2H3;. The Balaban J connectivity index is 0. The first-order chi connectivity index (χ1) is 1.73. The molecule has 0 aromatic heterocycles. The van der Waals surface area contributed by atoms with Crippen LogP contribution in [0.25, 0.3) is 0 Å². The van der Waals surface area contributed by atoms with Gasteiger partial charge in [-0.1, -0.05) is 0 Å². The van der Waals surface area contributed by atoms with E-state index in [4.69, 9.17) is 0 Å². The summed E-state index contributed by atoms with van der Waals surface area (Å²) in [7, 11) is 0. The van der Waals surface area contributed by atoms with Gasteiger partial charge in [-0.2, -0.15) is 0 Å². The molecule has 1 nitrogen and oxygen atoms in total. The summed E-state index contributed by atoms with van der Waals surface area (Å²) in [6, 6.07) is 0. The number of carbonyl (C=O) groups is 1. The zero-order valence-corrected chi connectivity index (χ0v) is 5.29. The Morgan fingerprint density at radius 3 is 1.40 bits per heavy atom. The number of hydrogen-bond acceptors (Lipinski definition) is 1. The molecule has 0 saturated carbocycles. The molecule has 0 rings (SSSR count). The Bertz CT molecular complexity index is 29.9. The zero-order valence-electron chi connectivity index (χ0n) is 3.49. The molecule has 2 heteroatoms. The van der Waals surface area contributed by atoms with Crippen molar-refractivity contribution in [1.82, 2.24) is 0 Å². The molecule has 0 aromatic carbocycles. The molecule has 0 aliphatic rings. The predicted octanol–water partition coefficient (Wildman–Crippen LogP) is 0.593. The number of rotatable bonds is 0. The van der Waals surface area contributed by atoms with Crippen LogP contribution in [0.4, 0.5) is 0 Å². The molecule has 0 aromatic rings. The van der Waals surface area contributed by atoms with E-state index in [1.54, 1.807) is 0 Å². The Labute approximate surface area is 50.5 Å². The third-order valence-electron chi connectivity index (χ3n) is 0. The summed E-state index contributed by atoms with van der Waals surface area (Å²) in [5.41, 5.74) is 0. The van der Waals surface area contributed by atoms with Crippen molar-refractivity contribution in [2.24, 2.45) is 0 Å². The van der Waals surface area contributed by atoms with Crippen LogP contribution in [-0.4, -0.2) is 5.78 Å². The van der Waals surface area contributed by atoms with Crippen molar-refractivity contribution in [1.29, 1.82) is 0 Å². The molecule has 0 bridgehead atoms. The van der Waals surface area contributed by atoms with E-state index in [1.165, 1.54) is 13.8 Å². The van der Waals surface area contributed by atoms with Gasteiger partial charge in [0.05, 0.1) is 0 Å². The molecule has 0 N–H and O–H groups in total. The summed E-state index contributed by atoms with van der Waals surface area (Å²) in [5.74, 6) is 0.167. The van der Waals surface area contributed by atoms with Crippen molar-refractivity contribution >= 4 is 5.78 Å². The fourth-order valence-electron chi connectivity index (χ4n) is 0. The summed E-state index contributed by atoms with van der Waals surface area (Å²) >= 11 is 0. The smallest absolute Gasteiger partial charge is 0.126 e. The number of ketones is 1. The van der Waals surface area contributed by atoms with Crippen molar-refractivity contribution in [2.45, 2.75) is 13.8 Å². The molecule has 0 aliphatic heterocycles. The van der Waals surface area contributed by atoms with Gasteiger partial charge in [0.1, 0.15) is 5.78 Å². The molecule has 0 saturated heterocycles. The normalized spacial score (nSPS) is 5.20. The number of Topliss-reactive ketones (excluding diaryl/α,β-unsaturated/α-hetero) is 1. The second kappa shape index (κ2) is 4.54. The first-order valence-corrected chi connectivity index (χ1v) is 1.20. The second-order valence-corrected chi connectivity index (χ2v) is 0.908. The van der Waals surface area contributed by atoms with Gasteiger partial charge in [0.25, 0.3) is 0 Å². The minimum absolute atomic E-state index is 0. The van der Waals surface area contributed by atoms with E-state index in [0.717, 1.165) is 0 Å². The molecule has 27 valence electrons. The van der Waals surface area contributed by atoms with Gasteiger partial charge in [-0.25, -0.2) is 0 Å². The number of carbonyl (C=O) groups excluding carboxylic acids is 1. The van der Waals surface area contributed by atoms with E-state index >= 15 is 0 Å². The van der Waals surface area contributed by atoms with E-state index in [0.29, 0.717) is 0 Å². The Kier molecular flexibility index (Phi) is 8.27. The van der Waals surface area contributed by atoms with Crippen LogP contribution in [0.5, 0.6) is 0 Å². The zero-order chi connectivity index (χ0) is 3.58. The summed E-state index contributed by atoms with van der Waals surface area (Å²) in [4.78, 5) is 9.44. The van der Waals surface area contributed by atoms with Crippen molar-refractivity contribution < 1.29 is 30.6 Å². The van der Waals surface area contributed by atoms with Gasteiger partial charge in [0.15, 0.2) is 0 Å². The summed E-state index contributed by atoms with van der Waals surface area (Å²) in [6.07, 6.45) is 0. The van der Waals surface area contributed by atoms with Crippen LogP contribution in [0.15, 0.2) is 0 Å². The number of hydrogen-bond donors (Lipinski definition) is 0. The quantitative estimate of drug-likeness (QED) is 0.438. The van der Waals surface area contributed by atoms with Crippen molar-refractivity contribution in [3.63, 3.8) is 0 Å². The van der Waals surface area contributed by atoms with Crippen LogP contribution in [0, 0.1) is 0 Å². The minimum Gasteiger partial charge on any atom is -0.300 e. The molecule has 1 radical (unpaired) electrons. The predicted molar refractivity (Wildman–Crippen MR) is 16.4 cm³/mol. The SMILES string of the molecule is CC(C)=O.[Sc]. The molecule has 0 fully saturated rings. The second-order valence-electron chi connectivity index (χ2n) is 0.908. The van der Waals surface area contributed by atoms with Crippen molar-refractivity contribution in [3.8, 4) is 0 Å². The molecule has 0 aliphatic carbocycles. The Morgan fingerprint density at radius 1 is 1.40 bits per heavy atom. The van der Waals surface area contributed by atoms with Crippen LogP contribution in [0.2, 0.25) is 0 Å². The molecular weight excluding hydrogens is 97.0 g/mol. The maximum absolute atomic E-state index is 9.44. The summed E-state index contributed by atoms with van der Waals surface area (Å²) < 4.78 is 0. The van der Waals surface area contributed by atoms with Gasteiger partial charge in [-0.3, -0.25) is 0 Å². The van der Waals surface area contributed by atoms with Gasteiger partial charge < -0.3 is 4.79 Å². The average Bonchev–Trinajstić information content (AvgIpc) is 0.811. The van der Waals surface area contributed by atoms with E-state index in [1.807, 2.05) is 0 Å². The molecule has 0 atom stereocenters. The summed E-state index contributed by atoms with van der Waals surface area (Å²) in [6.45, 7) is 3.06. The fraction of sp³-hybridized carbons (Fsp3) is 0.667. The van der Waals surface area contributed by atoms with Crippen LogP contribution < -0.4 is 0 Å². The first kappa shape index (κ1) is 9.11. The van der Waals surface area contributed by atoms with Gasteiger partial charge in [0.2, 0.25) is 0 Å². The van der Waals surface area contributed by atoms with Crippen LogP contribution in [0.1, 0.15) is 13.8 Å². The molecule has 0 heterocycles. The molecule has 0 spiro atoms. The largest absolute Gasteiger partial charge is 0.300 e. The van der Waals surface area contributed by atoms with Crippen LogP contribution in [-0.2, 0) is 30.6 Å². The topological polar surface area (TPSA) is 17.1 Å². The maximum atomic E-state index is 9.44. The van der Waals surface area contributed by atoms with E-state index in [2.05, 4.69) is 0 Å². The van der Waals surface area contributed by atoms with E-state index in [9.17, 15) is 4.79 Å². The molecule has 0 unspecified atom stereocenters. The molecule has 5 heavy (non-hydrogen) atoms. The van der Waals surface area contributed by atoms with Crippen molar-refractivity contribution in [3.05, 3.63) is 0 Å². The monoisotopic (exact) mass is 103 g/mol. The summed E-state index contributed by atoms with van der Waals surface area (Å²) in [5, 5.41) is 0. The third-order valence-corrected chi connectivity index (χ3v) is 0. The maximum Gasteiger partial charge on any atom is 0.126 e. The van der Waals surface area contributed by atoms with Gasteiger partial charge in [-0.05, 0) is 13.8 Å². The minimum atomic E-state index is 0. The average molecular weight is 103 g/mol. The Morgan fingerprint density at radius 2 is 1.40 bits per heavy atom. The Hall–Kier alpha value is 0.540. The van der Waals surface area contributed by atoms with E-state index < -0.39 is 0 Å². The van der Waals surface area contributed by atoms with Gasteiger partial charge in [0, 0.05) is 25.8 Å². The first-order valence-electron chi connectivity index (χ1n) is 1.20. The molecule has 0 amide bonds. The van der Waals surface area contributed by atoms with E-state index in [-0.39, 0.29) is 31.6 Å².